The Morgan fingerprint density at radius 2 is 2.14 bits per heavy atom. The van der Waals surface area contributed by atoms with Gasteiger partial charge in [0.2, 0.25) is 0 Å². The van der Waals surface area contributed by atoms with E-state index in [9.17, 15) is 0 Å². The van der Waals surface area contributed by atoms with Crippen LogP contribution < -0.4 is 0 Å². The average molecular weight is 97.2 g/mol. The molecule has 0 aliphatic rings. The fourth-order valence-electron chi connectivity index (χ4n) is 0.399. The smallest absolute Gasteiger partial charge is 0.0320 e. The first-order chi connectivity index (χ1) is 3.41. The number of rotatable bonds is 3. The van der Waals surface area contributed by atoms with Crippen molar-refractivity contribution in [2.24, 2.45) is 0 Å². The Balaban J connectivity index is 2.69. The minimum absolute atomic E-state index is 1.13. The molecule has 0 fully saturated rings. The van der Waals surface area contributed by atoms with Gasteiger partial charge in [-0.05, 0) is 19.8 Å². The summed E-state index contributed by atoms with van der Waals surface area (Å²) in [7, 11) is 0. The zero-order chi connectivity index (χ0) is 5.54. The zero-order valence-corrected chi connectivity index (χ0v) is 5.15. The summed E-state index contributed by atoms with van der Waals surface area (Å²) in [5, 5.41) is 0. The molecule has 41 valence electrons. The number of hydrogen-bond donors (Lipinski definition) is 0. The molecule has 7 heavy (non-hydrogen) atoms. The first-order valence-electron chi connectivity index (χ1n) is 2.84. The van der Waals surface area contributed by atoms with E-state index >= 15 is 0 Å². The lowest BCUT2D eigenvalue weighted by molar-refractivity contribution is 1.02. The Kier molecular flexibility index (Phi) is 5.53. The number of hydrogen-bond acceptors (Lipinski definition) is 0. The maximum absolute atomic E-state index is 2.25. The van der Waals surface area contributed by atoms with E-state index in [1.165, 1.54) is 6.42 Å². The van der Waals surface area contributed by atoms with E-state index in [0.717, 1.165) is 6.42 Å². The summed E-state index contributed by atoms with van der Waals surface area (Å²) in [6, 6.07) is 0. The van der Waals surface area contributed by atoms with Crippen LogP contribution >= 0.6 is 0 Å². The van der Waals surface area contributed by atoms with E-state index < -0.39 is 0 Å². The van der Waals surface area contributed by atoms with Crippen molar-refractivity contribution in [3.63, 3.8) is 0 Å². The summed E-state index contributed by atoms with van der Waals surface area (Å²) in [5.74, 6) is 0. The Morgan fingerprint density at radius 3 is 2.57 bits per heavy atom. The lowest BCUT2D eigenvalue weighted by Crippen LogP contribution is -1.65. The van der Waals surface area contributed by atoms with Gasteiger partial charge in [-0.15, -0.1) is 0 Å². The highest BCUT2D eigenvalue weighted by molar-refractivity contribution is 4.82. The summed E-state index contributed by atoms with van der Waals surface area (Å²) in [6.07, 6.45) is 8.80. The van der Waals surface area contributed by atoms with Crippen LogP contribution in [0.2, 0.25) is 0 Å². The third kappa shape index (κ3) is 5.74. The van der Waals surface area contributed by atoms with Crippen molar-refractivity contribution < 1.29 is 0 Å². The van der Waals surface area contributed by atoms with Crippen LogP contribution in [0.15, 0.2) is 12.2 Å². The minimum atomic E-state index is 1.13. The highest BCUT2D eigenvalue weighted by atomic mass is 13.8. The fraction of sp³-hybridized carbons (Fsp3) is 0.571. The Morgan fingerprint density at radius 1 is 1.43 bits per heavy atom. The third-order valence-corrected chi connectivity index (χ3v) is 0.827. The maximum Gasteiger partial charge on any atom is -0.0320 e. The van der Waals surface area contributed by atoms with Crippen molar-refractivity contribution in [3.8, 4) is 0 Å². The minimum Gasteiger partial charge on any atom is -0.0917 e. The summed E-state index contributed by atoms with van der Waals surface area (Å²) >= 11 is 0. The predicted octanol–water partition coefficient (Wildman–Crippen LogP) is 2.57. The van der Waals surface area contributed by atoms with Crippen LogP contribution in [-0.4, -0.2) is 0 Å². The standard InChI is InChI=1S/C7H13/c1-3-5-7-6-4-2/h3,5-6H,4,7H2,1-2H3/b5-3-. The second-order valence-electron chi connectivity index (χ2n) is 1.50. The van der Waals surface area contributed by atoms with Gasteiger partial charge in [-0.1, -0.05) is 25.5 Å². The van der Waals surface area contributed by atoms with Crippen molar-refractivity contribution in [2.45, 2.75) is 26.7 Å². The molecule has 0 atom stereocenters. The highest BCUT2D eigenvalue weighted by Gasteiger charge is 1.73. The van der Waals surface area contributed by atoms with Crippen LogP contribution in [-0.2, 0) is 0 Å². The third-order valence-electron chi connectivity index (χ3n) is 0.827. The van der Waals surface area contributed by atoms with E-state index in [4.69, 9.17) is 0 Å². The second kappa shape index (κ2) is 5.74. The number of unbranched alkanes of at least 4 members (excludes halogenated alkanes) is 2. The molecule has 0 spiro atoms. The van der Waals surface area contributed by atoms with Crippen LogP contribution in [0.3, 0.4) is 0 Å². The SMILES string of the molecule is C/C=C\C[CH]CC. The molecular formula is C7H13. The Hall–Kier alpha value is -0.260. The molecular weight excluding hydrogens is 84.1 g/mol. The van der Waals surface area contributed by atoms with Crippen LogP contribution in [0.25, 0.3) is 0 Å². The molecule has 0 N–H and O–H groups in total. The second-order valence-corrected chi connectivity index (χ2v) is 1.50. The fourth-order valence-corrected chi connectivity index (χ4v) is 0.399. The highest BCUT2D eigenvalue weighted by Crippen LogP contribution is 1.91. The van der Waals surface area contributed by atoms with Crippen molar-refractivity contribution in [1.29, 1.82) is 0 Å². The molecule has 0 aromatic heterocycles. The first kappa shape index (κ1) is 6.74. The summed E-state index contributed by atoms with van der Waals surface area (Å²) in [6.45, 7) is 4.20. The normalized spacial score (nSPS) is 10.6. The van der Waals surface area contributed by atoms with Gasteiger partial charge in [-0.3, -0.25) is 0 Å². The topological polar surface area (TPSA) is 0 Å². The lowest BCUT2D eigenvalue weighted by atomic mass is 10.2. The van der Waals surface area contributed by atoms with E-state index in [1.54, 1.807) is 0 Å². The molecule has 0 nitrogen and oxygen atoms in total. The van der Waals surface area contributed by atoms with Crippen LogP contribution in [0.4, 0.5) is 0 Å². The van der Waals surface area contributed by atoms with Gasteiger partial charge in [0.25, 0.3) is 0 Å². The van der Waals surface area contributed by atoms with Gasteiger partial charge in [0.15, 0.2) is 0 Å². The number of allylic oxidation sites excluding steroid dienone is 2. The van der Waals surface area contributed by atoms with Crippen LogP contribution in [0.5, 0.6) is 0 Å². The van der Waals surface area contributed by atoms with Crippen molar-refractivity contribution in [3.05, 3.63) is 18.6 Å². The largest absolute Gasteiger partial charge is 0.0917 e. The van der Waals surface area contributed by atoms with Crippen LogP contribution in [0, 0.1) is 6.42 Å². The van der Waals surface area contributed by atoms with Gasteiger partial charge in [-0.25, -0.2) is 0 Å². The molecule has 0 heterocycles. The van der Waals surface area contributed by atoms with Gasteiger partial charge in [0, 0.05) is 0 Å². The van der Waals surface area contributed by atoms with Gasteiger partial charge in [0.05, 0.1) is 0 Å². The molecule has 0 saturated carbocycles. The monoisotopic (exact) mass is 97.1 g/mol. The molecule has 0 aliphatic heterocycles. The molecule has 0 bridgehead atoms. The van der Waals surface area contributed by atoms with Crippen molar-refractivity contribution in [2.75, 3.05) is 0 Å². The van der Waals surface area contributed by atoms with Crippen LogP contribution in [0.1, 0.15) is 26.7 Å². The first-order valence-corrected chi connectivity index (χ1v) is 2.84. The summed E-state index contributed by atoms with van der Waals surface area (Å²) < 4.78 is 0. The quantitative estimate of drug-likeness (QED) is 0.375. The molecule has 0 aromatic rings. The Bertz CT molecular complexity index is 44.0. The molecule has 1 radical (unpaired) electrons. The lowest BCUT2D eigenvalue weighted by Gasteiger charge is -1.83. The Labute approximate surface area is 46.2 Å². The molecule has 0 aromatic carbocycles. The summed E-state index contributed by atoms with van der Waals surface area (Å²) in [4.78, 5) is 0. The molecule has 0 aliphatic carbocycles. The summed E-state index contributed by atoms with van der Waals surface area (Å²) in [5.41, 5.74) is 0. The average Bonchev–Trinajstić information content (AvgIpc) is 1.69. The molecule has 0 unspecified atom stereocenters. The van der Waals surface area contributed by atoms with Gasteiger partial charge in [0.1, 0.15) is 0 Å². The van der Waals surface area contributed by atoms with Crippen molar-refractivity contribution >= 4 is 0 Å². The van der Waals surface area contributed by atoms with E-state index in [-0.39, 0.29) is 0 Å². The molecule has 0 saturated heterocycles. The zero-order valence-electron chi connectivity index (χ0n) is 5.15. The van der Waals surface area contributed by atoms with Gasteiger partial charge >= 0.3 is 0 Å². The van der Waals surface area contributed by atoms with E-state index in [0.29, 0.717) is 0 Å². The van der Waals surface area contributed by atoms with E-state index in [1.807, 2.05) is 6.92 Å². The maximum atomic E-state index is 2.25. The van der Waals surface area contributed by atoms with Gasteiger partial charge < -0.3 is 0 Å². The van der Waals surface area contributed by atoms with E-state index in [2.05, 4.69) is 25.5 Å². The molecule has 0 amide bonds. The molecule has 0 heteroatoms. The molecule has 0 rings (SSSR count). The predicted molar refractivity (Wildman–Crippen MR) is 34.0 cm³/mol. The van der Waals surface area contributed by atoms with Gasteiger partial charge in [-0.2, -0.15) is 0 Å². The van der Waals surface area contributed by atoms with Crippen molar-refractivity contribution in [1.82, 2.24) is 0 Å².